The molecule has 1 aliphatic heterocycles. The molecule has 1 N–H and O–H groups in total. The minimum atomic E-state index is -0.692. The molecule has 3 rings (SSSR count). The summed E-state index contributed by atoms with van der Waals surface area (Å²) in [6.45, 7) is 0. The number of rotatable bonds is 2. The second-order valence-corrected chi connectivity index (χ2v) is 4.60. The fourth-order valence-corrected chi connectivity index (χ4v) is 2.20. The van der Waals surface area contributed by atoms with Gasteiger partial charge in [-0.2, -0.15) is 0 Å². The maximum atomic E-state index is 12.2. The van der Waals surface area contributed by atoms with E-state index in [1.165, 1.54) is 7.11 Å². The van der Waals surface area contributed by atoms with Crippen molar-refractivity contribution < 1.29 is 19.1 Å². The average Bonchev–Trinajstić information content (AvgIpc) is 2.53. The Morgan fingerprint density at radius 3 is 2.67 bits per heavy atom. The number of carbonyl (C=O) groups excluding carboxylic acids is 2. The van der Waals surface area contributed by atoms with Gasteiger partial charge in [0.05, 0.1) is 18.4 Å². The highest BCUT2D eigenvalue weighted by molar-refractivity contribution is 6.00. The third kappa shape index (κ3) is 2.45. The Bertz CT molecular complexity index is 697. The second kappa shape index (κ2) is 5.28. The van der Waals surface area contributed by atoms with Crippen molar-refractivity contribution in [1.82, 2.24) is 0 Å². The molecule has 1 atom stereocenters. The van der Waals surface area contributed by atoms with E-state index in [0.717, 1.165) is 5.56 Å². The van der Waals surface area contributed by atoms with Crippen LogP contribution in [0.1, 0.15) is 22.0 Å². The van der Waals surface area contributed by atoms with Crippen LogP contribution in [0, 0.1) is 0 Å². The van der Waals surface area contributed by atoms with Gasteiger partial charge in [-0.3, -0.25) is 4.79 Å². The predicted molar refractivity (Wildman–Crippen MR) is 76.2 cm³/mol. The van der Waals surface area contributed by atoms with Gasteiger partial charge in [-0.1, -0.05) is 30.3 Å². The highest BCUT2D eigenvalue weighted by Crippen LogP contribution is 2.35. The van der Waals surface area contributed by atoms with Gasteiger partial charge in [0.15, 0.2) is 0 Å². The number of fused-ring (bicyclic) bond motifs is 1. The van der Waals surface area contributed by atoms with Gasteiger partial charge in [0.1, 0.15) is 5.75 Å². The minimum absolute atomic E-state index is 0.268. The zero-order chi connectivity index (χ0) is 14.8. The summed E-state index contributed by atoms with van der Waals surface area (Å²) in [5.41, 5.74) is 1.60. The lowest BCUT2D eigenvalue weighted by Crippen LogP contribution is -2.30. The van der Waals surface area contributed by atoms with Crippen molar-refractivity contribution in [3.8, 4) is 5.75 Å². The zero-order valence-electron chi connectivity index (χ0n) is 11.3. The van der Waals surface area contributed by atoms with E-state index in [-0.39, 0.29) is 5.91 Å². The first-order valence-corrected chi connectivity index (χ1v) is 6.44. The highest BCUT2D eigenvalue weighted by Gasteiger charge is 2.29. The molecule has 5 nitrogen and oxygen atoms in total. The van der Waals surface area contributed by atoms with Crippen LogP contribution >= 0.6 is 0 Å². The Kier molecular flexibility index (Phi) is 3.31. The van der Waals surface area contributed by atoms with Gasteiger partial charge in [0, 0.05) is 5.56 Å². The molecule has 1 heterocycles. The zero-order valence-corrected chi connectivity index (χ0v) is 11.3. The van der Waals surface area contributed by atoms with Crippen LogP contribution in [-0.2, 0) is 9.53 Å². The van der Waals surface area contributed by atoms with Crippen LogP contribution in [0.15, 0.2) is 48.5 Å². The summed E-state index contributed by atoms with van der Waals surface area (Å²) in [6, 6.07) is 14.0. The van der Waals surface area contributed by atoms with Gasteiger partial charge in [-0.25, -0.2) is 4.79 Å². The van der Waals surface area contributed by atoms with Crippen molar-refractivity contribution in [2.24, 2.45) is 0 Å². The number of hydrogen-bond acceptors (Lipinski definition) is 4. The number of hydrogen-bond donors (Lipinski definition) is 1. The van der Waals surface area contributed by atoms with E-state index in [0.29, 0.717) is 17.0 Å². The molecule has 1 amide bonds. The molecule has 0 aromatic heterocycles. The Morgan fingerprint density at radius 1 is 1.19 bits per heavy atom. The molecule has 21 heavy (non-hydrogen) atoms. The Morgan fingerprint density at radius 2 is 1.95 bits per heavy atom. The first-order valence-electron chi connectivity index (χ1n) is 6.44. The van der Waals surface area contributed by atoms with Crippen LogP contribution in [0.2, 0.25) is 0 Å². The molecule has 0 fully saturated rings. The summed E-state index contributed by atoms with van der Waals surface area (Å²) < 4.78 is 10.4. The van der Waals surface area contributed by atoms with Crippen LogP contribution in [-0.4, -0.2) is 19.0 Å². The van der Waals surface area contributed by atoms with Crippen molar-refractivity contribution in [2.75, 3.05) is 12.4 Å². The Hall–Kier alpha value is -2.82. The summed E-state index contributed by atoms with van der Waals surface area (Å²) in [4.78, 5) is 23.6. The van der Waals surface area contributed by atoms with E-state index in [1.807, 2.05) is 30.3 Å². The molecule has 106 valence electrons. The maximum Gasteiger partial charge on any atom is 0.337 e. The van der Waals surface area contributed by atoms with Crippen molar-refractivity contribution in [3.63, 3.8) is 0 Å². The molecule has 0 bridgehead atoms. The third-order valence-electron chi connectivity index (χ3n) is 3.24. The number of nitrogens with one attached hydrogen (secondary N) is 1. The van der Waals surface area contributed by atoms with E-state index in [1.54, 1.807) is 18.2 Å². The molecule has 0 aliphatic carbocycles. The SMILES string of the molecule is COC(=O)c1ccc2c(c1)NC(=O)C(c1ccccc1)O2. The Labute approximate surface area is 121 Å². The van der Waals surface area contributed by atoms with E-state index in [4.69, 9.17) is 4.74 Å². The van der Waals surface area contributed by atoms with Crippen LogP contribution < -0.4 is 10.1 Å². The lowest BCUT2D eigenvalue weighted by atomic mass is 10.1. The van der Waals surface area contributed by atoms with Crippen molar-refractivity contribution >= 4 is 17.6 Å². The molecular weight excluding hydrogens is 270 g/mol. The van der Waals surface area contributed by atoms with Gasteiger partial charge in [0.25, 0.3) is 5.91 Å². The smallest absolute Gasteiger partial charge is 0.337 e. The van der Waals surface area contributed by atoms with Gasteiger partial charge >= 0.3 is 5.97 Å². The fraction of sp³-hybridized carbons (Fsp3) is 0.125. The molecule has 0 radical (unpaired) electrons. The van der Waals surface area contributed by atoms with Crippen LogP contribution in [0.4, 0.5) is 5.69 Å². The monoisotopic (exact) mass is 283 g/mol. The summed E-state index contributed by atoms with van der Waals surface area (Å²) in [6.07, 6.45) is -0.692. The number of carbonyl (C=O) groups is 2. The summed E-state index contributed by atoms with van der Waals surface area (Å²) in [5, 5.41) is 2.76. The summed E-state index contributed by atoms with van der Waals surface area (Å²) >= 11 is 0. The number of amides is 1. The number of ether oxygens (including phenoxy) is 2. The predicted octanol–water partition coefficient (Wildman–Crippen LogP) is 2.55. The topological polar surface area (TPSA) is 64.6 Å². The van der Waals surface area contributed by atoms with E-state index in [9.17, 15) is 9.59 Å². The average molecular weight is 283 g/mol. The maximum absolute atomic E-state index is 12.2. The van der Waals surface area contributed by atoms with Gasteiger partial charge in [0.2, 0.25) is 6.10 Å². The standard InChI is InChI=1S/C16H13NO4/c1-20-16(19)11-7-8-13-12(9-11)17-15(18)14(21-13)10-5-3-2-4-6-10/h2-9,14H,1H3,(H,17,18). The summed E-state index contributed by atoms with van der Waals surface area (Å²) in [5.74, 6) is -0.205. The van der Waals surface area contributed by atoms with Crippen LogP contribution in [0.3, 0.4) is 0 Å². The van der Waals surface area contributed by atoms with E-state index >= 15 is 0 Å². The molecular formula is C16H13NO4. The molecule has 0 saturated carbocycles. The minimum Gasteiger partial charge on any atom is -0.474 e. The van der Waals surface area contributed by atoms with Crippen molar-refractivity contribution in [3.05, 3.63) is 59.7 Å². The Balaban J connectivity index is 1.92. The molecule has 1 aliphatic rings. The molecule has 0 spiro atoms. The molecule has 2 aromatic carbocycles. The fourth-order valence-electron chi connectivity index (χ4n) is 2.20. The van der Waals surface area contributed by atoms with Crippen molar-refractivity contribution in [2.45, 2.75) is 6.10 Å². The molecule has 0 saturated heterocycles. The molecule has 2 aromatic rings. The first-order chi connectivity index (χ1) is 10.2. The highest BCUT2D eigenvalue weighted by atomic mass is 16.5. The largest absolute Gasteiger partial charge is 0.474 e. The van der Waals surface area contributed by atoms with Crippen LogP contribution in [0.25, 0.3) is 0 Å². The van der Waals surface area contributed by atoms with E-state index < -0.39 is 12.1 Å². The number of methoxy groups -OCH3 is 1. The van der Waals surface area contributed by atoms with Gasteiger partial charge in [-0.05, 0) is 18.2 Å². The molecule has 1 unspecified atom stereocenters. The summed E-state index contributed by atoms with van der Waals surface area (Å²) in [7, 11) is 1.31. The van der Waals surface area contributed by atoms with Gasteiger partial charge in [-0.15, -0.1) is 0 Å². The van der Waals surface area contributed by atoms with E-state index in [2.05, 4.69) is 10.1 Å². The first kappa shape index (κ1) is 13.2. The number of anilines is 1. The lowest BCUT2D eigenvalue weighted by Gasteiger charge is -2.26. The second-order valence-electron chi connectivity index (χ2n) is 4.60. The molecule has 5 heteroatoms. The number of esters is 1. The normalized spacial score (nSPS) is 16.4. The lowest BCUT2D eigenvalue weighted by molar-refractivity contribution is -0.123. The number of benzene rings is 2. The third-order valence-corrected chi connectivity index (χ3v) is 3.24. The quantitative estimate of drug-likeness (QED) is 0.860. The van der Waals surface area contributed by atoms with Gasteiger partial charge < -0.3 is 14.8 Å². The van der Waals surface area contributed by atoms with Crippen molar-refractivity contribution in [1.29, 1.82) is 0 Å². The van der Waals surface area contributed by atoms with Crippen LogP contribution in [0.5, 0.6) is 5.75 Å².